The van der Waals surface area contributed by atoms with Crippen molar-refractivity contribution in [2.75, 3.05) is 0 Å². The monoisotopic (exact) mass is 722 g/mol. The fraction of sp³-hybridized carbons (Fsp3) is 0.0179. The molecule has 10 aromatic carbocycles. The van der Waals surface area contributed by atoms with Crippen LogP contribution >= 0.6 is 0 Å². The number of benzene rings is 10. The lowest BCUT2D eigenvalue weighted by Crippen LogP contribution is -2.26. The molecule has 0 aliphatic heterocycles. The maximum Gasteiger partial charge on any atom is 0.193 e. The maximum atomic E-state index is 13.8. The van der Waals surface area contributed by atoms with E-state index in [4.69, 9.17) is 0 Å². The highest BCUT2D eigenvalue weighted by Crippen LogP contribution is 2.63. The van der Waals surface area contributed by atoms with Crippen molar-refractivity contribution in [2.45, 2.75) is 5.41 Å². The Labute approximate surface area is 331 Å². The van der Waals surface area contributed by atoms with Gasteiger partial charge in [0.15, 0.2) is 5.78 Å². The lowest BCUT2D eigenvalue weighted by atomic mass is 9.70. The first-order valence-electron chi connectivity index (χ1n) is 19.7. The summed E-state index contributed by atoms with van der Waals surface area (Å²) in [4.78, 5) is 13.8. The summed E-state index contributed by atoms with van der Waals surface area (Å²) in [6.07, 6.45) is 0. The van der Waals surface area contributed by atoms with E-state index >= 15 is 0 Å². The summed E-state index contributed by atoms with van der Waals surface area (Å²) in [5.41, 5.74) is 15.9. The molecule has 10 aromatic rings. The molecule has 1 spiro atoms. The van der Waals surface area contributed by atoms with Crippen molar-refractivity contribution >= 4 is 38.1 Å². The summed E-state index contributed by atoms with van der Waals surface area (Å²) in [6.45, 7) is 0. The predicted octanol–water partition coefficient (Wildman–Crippen LogP) is 14.1. The topological polar surface area (TPSA) is 17.1 Å². The minimum atomic E-state index is -0.511. The second-order valence-corrected chi connectivity index (χ2v) is 15.5. The molecule has 1 unspecified atom stereocenters. The van der Waals surface area contributed by atoms with Gasteiger partial charge in [0.25, 0.3) is 0 Å². The van der Waals surface area contributed by atoms with Crippen LogP contribution in [0.25, 0.3) is 76.8 Å². The van der Waals surface area contributed by atoms with Gasteiger partial charge >= 0.3 is 0 Å². The standard InChI is InChI=1S/C56H34O/c57-55(37-18-8-3-9-19-37)39-27-28-43-46-21-12-24-50-53(46)54-47(48(43)33-39)22-13-25-51(54)56(50)49-23-11-10-20-44(49)45-29-26-38(34-52(45)56)42-31-40(35-14-4-1-5-15-35)30-41(32-42)36-16-6-2-7-17-36/h1-34H. The van der Waals surface area contributed by atoms with Crippen LogP contribution in [-0.4, -0.2) is 5.78 Å². The predicted molar refractivity (Wildman–Crippen MR) is 236 cm³/mol. The first kappa shape index (κ1) is 31.9. The molecule has 0 radical (unpaired) electrons. The zero-order chi connectivity index (χ0) is 37.7. The molecule has 0 N–H and O–H groups in total. The van der Waals surface area contributed by atoms with E-state index in [9.17, 15) is 4.79 Å². The van der Waals surface area contributed by atoms with Crippen LogP contribution in [-0.2, 0) is 5.41 Å². The van der Waals surface area contributed by atoms with Gasteiger partial charge in [-0.3, -0.25) is 4.79 Å². The Morgan fingerprint density at radius 3 is 1.47 bits per heavy atom. The van der Waals surface area contributed by atoms with Crippen molar-refractivity contribution in [1.82, 2.24) is 0 Å². The largest absolute Gasteiger partial charge is 0.289 e. The van der Waals surface area contributed by atoms with Crippen LogP contribution in [0.2, 0.25) is 0 Å². The van der Waals surface area contributed by atoms with Crippen molar-refractivity contribution in [2.24, 2.45) is 0 Å². The molecule has 2 aliphatic rings. The number of fused-ring (bicyclic) bond motifs is 10. The molecular weight excluding hydrogens is 689 g/mol. The molecule has 1 nitrogen and oxygen atoms in total. The van der Waals surface area contributed by atoms with Gasteiger partial charge in [-0.15, -0.1) is 0 Å². The molecule has 0 fully saturated rings. The summed E-state index contributed by atoms with van der Waals surface area (Å²) >= 11 is 0. The SMILES string of the molecule is O=C(c1ccccc1)c1ccc2c(c1)c1cccc3c1c1c(cccc21)C31c2ccccc2-c2ccc(-c3cc(-c4ccccc4)cc(-c4ccccc4)c3)cc21. The van der Waals surface area contributed by atoms with Crippen LogP contribution in [0.15, 0.2) is 206 Å². The molecule has 1 atom stereocenters. The van der Waals surface area contributed by atoms with Crippen molar-refractivity contribution in [3.05, 3.63) is 240 Å². The zero-order valence-electron chi connectivity index (χ0n) is 31.0. The Kier molecular flexibility index (Phi) is 6.77. The molecule has 0 amide bonds. The lowest BCUT2D eigenvalue weighted by Gasteiger charge is -2.31. The molecule has 2 aliphatic carbocycles. The van der Waals surface area contributed by atoms with E-state index in [1.54, 1.807) is 0 Å². The molecule has 0 heterocycles. The molecule has 0 aromatic heterocycles. The number of hydrogen-bond acceptors (Lipinski definition) is 1. The number of hydrogen-bond donors (Lipinski definition) is 0. The van der Waals surface area contributed by atoms with E-state index in [0.29, 0.717) is 11.1 Å². The van der Waals surface area contributed by atoms with Gasteiger partial charge < -0.3 is 0 Å². The van der Waals surface area contributed by atoms with Crippen molar-refractivity contribution in [3.8, 4) is 44.5 Å². The van der Waals surface area contributed by atoms with Crippen LogP contribution in [0.3, 0.4) is 0 Å². The van der Waals surface area contributed by atoms with Gasteiger partial charge in [-0.2, -0.15) is 0 Å². The number of rotatable bonds is 5. The van der Waals surface area contributed by atoms with Gasteiger partial charge in [0.2, 0.25) is 0 Å². The fourth-order valence-electron chi connectivity index (χ4n) is 10.2. The minimum Gasteiger partial charge on any atom is -0.289 e. The quantitative estimate of drug-likeness (QED) is 0.128. The molecule has 264 valence electrons. The van der Waals surface area contributed by atoms with Crippen LogP contribution in [0, 0.1) is 0 Å². The van der Waals surface area contributed by atoms with Crippen molar-refractivity contribution < 1.29 is 4.79 Å². The highest BCUT2D eigenvalue weighted by atomic mass is 16.1. The maximum absolute atomic E-state index is 13.8. The highest BCUT2D eigenvalue weighted by Gasteiger charge is 2.51. The third-order valence-corrected chi connectivity index (χ3v) is 12.6. The summed E-state index contributed by atoms with van der Waals surface area (Å²) in [5, 5.41) is 7.29. The van der Waals surface area contributed by atoms with E-state index in [2.05, 4.69) is 170 Å². The zero-order valence-corrected chi connectivity index (χ0v) is 31.0. The molecule has 0 saturated heterocycles. The van der Waals surface area contributed by atoms with E-state index in [1.165, 1.54) is 93.7 Å². The fourth-order valence-corrected chi connectivity index (χ4v) is 10.2. The van der Waals surface area contributed by atoms with Gasteiger partial charge in [-0.05, 0) is 129 Å². The minimum absolute atomic E-state index is 0.0416. The third-order valence-electron chi connectivity index (χ3n) is 12.6. The number of carbonyl (C=O) groups is 1. The van der Waals surface area contributed by atoms with E-state index in [0.717, 1.165) is 5.39 Å². The van der Waals surface area contributed by atoms with E-state index < -0.39 is 5.41 Å². The van der Waals surface area contributed by atoms with Gasteiger partial charge in [0, 0.05) is 11.1 Å². The Bertz CT molecular complexity index is 3230. The smallest absolute Gasteiger partial charge is 0.193 e. The molecular formula is C56H34O. The highest BCUT2D eigenvalue weighted by molar-refractivity contribution is 6.30. The Morgan fingerprint density at radius 2 is 0.825 bits per heavy atom. The first-order chi connectivity index (χ1) is 28.2. The lowest BCUT2D eigenvalue weighted by molar-refractivity contribution is 0.103. The van der Waals surface area contributed by atoms with E-state index in [1.807, 2.05) is 36.4 Å². The third kappa shape index (κ3) is 4.48. The summed E-state index contributed by atoms with van der Waals surface area (Å²) in [6, 6.07) is 74.2. The molecule has 0 saturated carbocycles. The molecule has 1 heteroatoms. The van der Waals surface area contributed by atoms with Crippen LogP contribution in [0.5, 0.6) is 0 Å². The average molecular weight is 723 g/mol. The first-order valence-corrected chi connectivity index (χ1v) is 19.7. The molecule has 57 heavy (non-hydrogen) atoms. The Morgan fingerprint density at radius 1 is 0.298 bits per heavy atom. The van der Waals surface area contributed by atoms with Crippen molar-refractivity contribution in [1.29, 1.82) is 0 Å². The Hall–Kier alpha value is -7.35. The van der Waals surface area contributed by atoms with Crippen LogP contribution in [0.4, 0.5) is 0 Å². The summed E-state index contributed by atoms with van der Waals surface area (Å²) in [5.74, 6) is 0.0416. The second-order valence-electron chi connectivity index (χ2n) is 15.5. The van der Waals surface area contributed by atoms with E-state index in [-0.39, 0.29) is 5.78 Å². The number of ketones is 1. The number of carbonyl (C=O) groups excluding carboxylic acids is 1. The second kappa shape index (κ2) is 12.1. The van der Waals surface area contributed by atoms with Gasteiger partial charge in [0.1, 0.15) is 0 Å². The van der Waals surface area contributed by atoms with Crippen LogP contribution < -0.4 is 0 Å². The van der Waals surface area contributed by atoms with Crippen LogP contribution in [0.1, 0.15) is 38.2 Å². The molecule has 12 rings (SSSR count). The normalized spacial score (nSPS) is 14.8. The Balaban J connectivity index is 1.13. The summed E-state index contributed by atoms with van der Waals surface area (Å²) < 4.78 is 0. The van der Waals surface area contributed by atoms with Gasteiger partial charge in [-0.1, -0.05) is 176 Å². The summed E-state index contributed by atoms with van der Waals surface area (Å²) in [7, 11) is 0. The van der Waals surface area contributed by atoms with Gasteiger partial charge in [-0.25, -0.2) is 0 Å². The van der Waals surface area contributed by atoms with Crippen molar-refractivity contribution in [3.63, 3.8) is 0 Å². The average Bonchev–Trinajstić information content (AvgIpc) is 3.76. The van der Waals surface area contributed by atoms with Gasteiger partial charge in [0.05, 0.1) is 5.41 Å². The molecule has 0 bridgehead atoms.